The number of ether oxygens (including phenoxy) is 1. The van der Waals surface area contributed by atoms with E-state index < -0.39 is 0 Å². The number of hydrogen-bond donors (Lipinski definition) is 1. The third kappa shape index (κ3) is 3.49. The smallest absolute Gasteiger partial charge is 0.336 e. The zero-order chi connectivity index (χ0) is 10.4. The van der Waals surface area contributed by atoms with Crippen LogP contribution in [0.4, 0.5) is 0 Å². The van der Waals surface area contributed by atoms with E-state index in [1.807, 2.05) is 20.8 Å². The summed E-state index contributed by atoms with van der Waals surface area (Å²) >= 11 is 0. The third-order valence-electron chi connectivity index (χ3n) is 1.80. The molecule has 0 radical (unpaired) electrons. The maximum Gasteiger partial charge on any atom is 0.336 e. The molecule has 0 aliphatic rings. The molecule has 0 unspecified atom stereocenters. The highest BCUT2D eigenvalue weighted by atomic mass is 16.5. The van der Waals surface area contributed by atoms with Crippen molar-refractivity contribution < 1.29 is 9.53 Å². The van der Waals surface area contributed by atoms with Crippen molar-refractivity contribution in [3.05, 3.63) is 11.3 Å². The monoisotopic (exact) mass is 185 g/mol. The predicted molar refractivity (Wildman–Crippen MR) is 53.0 cm³/mol. The maximum atomic E-state index is 11.4. The molecule has 0 bridgehead atoms. The normalized spacial score (nSPS) is 12.7. The summed E-state index contributed by atoms with van der Waals surface area (Å²) in [6.07, 6.45) is 0.687. The second-order valence-corrected chi connectivity index (χ2v) is 3.17. The Morgan fingerprint density at radius 1 is 1.38 bits per heavy atom. The van der Waals surface area contributed by atoms with Gasteiger partial charge in [0.25, 0.3) is 0 Å². The maximum absolute atomic E-state index is 11.4. The van der Waals surface area contributed by atoms with E-state index in [4.69, 9.17) is 10.5 Å². The molecule has 0 aliphatic carbocycles. The van der Waals surface area contributed by atoms with Gasteiger partial charge in [0.15, 0.2) is 0 Å². The van der Waals surface area contributed by atoms with Crippen molar-refractivity contribution in [2.45, 2.75) is 34.1 Å². The molecular formula is C10H19NO2. The van der Waals surface area contributed by atoms with Gasteiger partial charge in [0, 0.05) is 5.70 Å². The van der Waals surface area contributed by atoms with Crippen LogP contribution < -0.4 is 5.73 Å². The highest BCUT2D eigenvalue weighted by Crippen LogP contribution is 2.15. The lowest BCUT2D eigenvalue weighted by atomic mass is 10.0. The van der Waals surface area contributed by atoms with Gasteiger partial charge in [0.05, 0.1) is 12.2 Å². The Balaban J connectivity index is 4.71. The Labute approximate surface area is 79.9 Å². The summed E-state index contributed by atoms with van der Waals surface area (Å²) < 4.78 is 4.91. The summed E-state index contributed by atoms with van der Waals surface area (Å²) in [4.78, 5) is 11.4. The van der Waals surface area contributed by atoms with Crippen LogP contribution in [0.25, 0.3) is 0 Å². The zero-order valence-corrected chi connectivity index (χ0v) is 8.89. The minimum atomic E-state index is -0.281. The van der Waals surface area contributed by atoms with Crippen molar-refractivity contribution in [2.24, 2.45) is 11.7 Å². The van der Waals surface area contributed by atoms with Crippen molar-refractivity contribution in [2.75, 3.05) is 6.61 Å². The standard InChI is InChI=1S/C10H19NO2/c1-5-8(11)9(7(3)4)10(12)13-6-2/h7H,5-6,11H2,1-4H3/b9-8-. The number of rotatable bonds is 4. The van der Waals surface area contributed by atoms with Crippen LogP contribution in [0.3, 0.4) is 0 Å². The lowest BCUT2D eigenvalue weighted by Gasteiger charge is -2.12. The van der Waals surface area contributed by atoms with Gasteiger partial charge in [0.2, 0.25) is 0 Å². The van der Waals surface area contributed by atoms with E-state index in [1.165, 1.54) is 0 Å². The number of carbonyl (C=O) groups is 1. The summed E-state index contributed by atoms with van der Waals surface area (Å²) in [5, 5.41) is 0. The second-order valence-electron chi connectivity index (χ2n) is 3.17. The van der Waals surface area contributed by atoms with E-state index in [2.05, 4.69) is 0 Å². The summed E-state index contributed by atoms with van der Waals surface area (Å²) in [6, 6.07) is 0. The molecule has 0 aromatic heterocycles. The molecule has 76 valence electrons. The average Bonchev–Trinajstić information content (AvgIpc) is 2.04. The molecule has 0 fully saturated rings. The first-order chi connectivity index (χ1) is 6.04. The SMILES string of the molecule is CCOC(=O)/C(=C(\N)CC)C(C)C. The molecule has 0 aliphatic heterocycles. The van der Waals surface area contributed by atoms with Crippen LogP contribution in [-0.4, -0.2) is 12.6 Å². The molecule has 0 rings (SSSR count). The van der Waals surface area contributed by atoms with Gasteiger partial charge in [-0.25, -0.2) is 4.79 Å². The van der Waals surface area contributed by atoms with Gasteiger partial charge in [-0.15, -0.1) is 0 Å². The Morgan fingerprint density at radius 3 is 2.23 bits per heavy atom. The fourth-order valence-corrected chi connectivity index (χ4v) is 1.14. The first-order valence-corrected chi connectivity index (χ1v) is 4.70. The minimum absolute atomic E-state index is 0.124. The van der Waals surface area contributed by atoms with Gasteiger partial charge in [0.1, 0.15) is 0 Å². The minimum Gasteiger partial charge on any atom is -0.463 e. The summed E-state index contributed by atoms with van der Waals surface area (Å²) in [5.74, 6) is -0.157. The Hall–Kier alpha value is -0.990. The highest BCUT2D eigenvalue weighted by Gasteiger charge is 2.17. The Kier molecular flexibility index (Phi) is 5.19. The lowest BCUT2D eigenvalue weighted by molar-refractivity contribution is -0.139. The van der Waals surface area contributed by atoms with E-state index >= 15 is 0 Å². The van der Waals surface area contributed by atoms with Crippen molar-refractivity contribution >= 4 is 5.97 Å². The van der Waals surface area contributed by atoms with Gasteiger partial charge < -0.3 is 10.5 Å². The van der Waals surface area contributed by atoms with Crippen LogP contribution in [-0.2, 0) is 9.53 Å². The highest BCUT2D eigenvalue weighted by molar-refractivity contribution is 5.89. The number of nitrogens with two attached hydrogens (primary N) is 1. The van der Waals surface area contributed by atoms with Crippen molar-refractivity contribution in [3.63, 3.8) is 0 Å². The van der Waals surface area contributed by atoms with Gasteiger partial charge in [-0.3, -0.25) is 0 Å². The molecule has 3 nitrogen and oxygen atoms in total. The molecule has 13 heavy (non-hydrogen) atoms. The van der Waals surface area contributed by atoms with Crippen molar-refractivity contribution in [1.29, 1.82) is 0 Å². The number of hydrogen-bond acceptors (Lipinski definition) is 3. The molecule has 0 amide bonds. The van der Waals surface area contributed by atoms with Crippen LogP contribution in [0.5, 0.6) is 0 Å². The predicted octanol–water partition coefficient (Wildman–Crippen LogP) is 1.83. The molecule has 0 saturated carbocycles. The first-order valence-electron chi connectivity index (χ1n) is 4.70. The Morgan fingerprint density at radius 2 is 1.92 bits per heavy atom. The Bertz CT molecular complexity index is 207. The van der Waals surface area contributed by atoms with Gasteiger partial charge in [-0.05, 0) is 19.3 Å². The van der Waals surface area contributed by atoms with Crippen LogP contribution in [0.2, 0.25) is 0 Å². The largest absolute Gasteiger partial charge is 0.463 e. The second kappa shape index (κ2) is 5.62. The molecule has 0 saturated heterocycles. The van der Waals surface area contributed by atoms with E-state index in [9.17, 15) is 4.79 Å². The van der Waals surface area contributed by atoms with Crippen molar-refractivity contribution in [1.82, 2.24) is 0 Å². The zero-order valence-electron chi connectivity index (χ0n) is 8.89. The van der Waals surface area contributed by atoms with Gasteiger partial charge >= 0.3 is 5.97 Å². The number of esters is 1. The van der Waals surface area contributed by atoms with Crippen LogP contribution in [0, 0.1) is 5.92 Å². The summed E-state index contributed by atoms with van der Waals surface area (Å²) in [5.41, 5.74) is 6.98. The van der Waals surface area contributed by atoms with E-state index in [1.54, 1.807) is 6.92 Å². The third-order valence-corrected chi connectivity index (χ3v) is 1.80. The molecule has 0 atom stereocenters. The quantitative estimate of drug-likeness (QED) is 0.537. The molecule has 0 aromatic rings. The molecule has 0 aromatic carbocycles. The van der Waals surface area contributed by atoms with Crippen LogP contribution in [0.1, 0.15) is 34.1 Å². The van der Waals surface area contributed by atoms with E-state index in [-0.39, 0.29) is 11.9 Å². The molecule has 3 heteroatoms. The van der Waals surface area contributed by atoms with Gasteiger partial charge in [-0.2, -0.15) is 0 Å². The number of carbonyl (C=O) groups excluding carboxylic acids is 1. The fraction of sp³-hybridized carbons (Fsp3) is 0.700. The summed E-state index contributed by atoms with van der Waals surface area (Å²) in [6.45, 7) is 7.99. The molecule has 0 heterocycles. The number of allylic oxidation sites excluding steroid dienone is 1. The molecule has 0 spiro atoms. The molecular weight excluding hydrogens is 166 g/mol. The average molecular weight is 185 g/mol. The van der Waals surface area contributed by atoms with Gasteiger partial charge in [-0.1, -0.05) is 20.8 Å². The molecule has 2 N–H and O–H groups in total. The van der Waals surface area contributed by atoms with E-state index in [0.717, 1.165) is 0 Å². The summed E-state index contributed by atoms with van der Waals surface area (Å²) in [7, 11) is 0. The van der Waals surface area contributed by atoms with E-state index in [0.29, 0.717) is 24.3 Å². The fourth-order valence-electron chi connectivity index (χ4n) is 1.14. The van der Waals surface area contributed by atoms with Crippen LogP contribution >= 0.6 is 0 Å². The topological polar surface area (TPSA) is 52.3 Å². The first kappa shape index (κ1) is 12.0. The lowest BCUT2D eigenvalue weighted by Crippen LogP contribution is -2.17. The van der Waals surface area contributed by atoms with Crippen LogP contribution in [0.15, 0.2) is 11.3 Å². The van der Waals surface area contributed by atoms with Crippen molar-refractivity contribution in [3.8, 4) is 0 Å².